The van der Waals surface area contributed by atoms with Gasteiger partial charge in [0.2, 0.25) is 5.75 Å². The Bertz CT molecular complexity index is 861. The van der Waals surface area contributed by atoms with E-state index in [4.69, 9.17) is 14.2 Å². The van der Waals surface area contributed by atoms with E-state index in [0.29, 0.717) is 30.5 Å². The van der Waals surface area contributed by atoms with Crippen LogP contribution in [0.4, 0.5) is 5.69 Å². The number of amides is 1. The summed E-state index contributed by atoms with van der Waals surface area (Å²) >= 11 is 0. The summed E-state index contributed by atoms with van der Waals surface area (Å²) in [7, 11) is 1.62. The zero-order chi connectivity index (χ0) is 17.7. The minimum atomic E-state index is -0.255. The number of hydrogen-bond acceptors (Lipinski definition) is 5. The lowest BCUT2D eigenvalue weighted by Crippen LogP contribution is -2.44. The quantitative estimate of drug-likeness (QED) is 0.919. The second kappa shape index (κ2) is 5.83. The zero-order valence-electron chi connectivity index (χ0n) is 14.5. The number of carbonyl (C=O) groups is 1. The largest absolute Gasteiger partial charge is 0.493 e. The van der Waals surface area contributed by atoms with E-state index in [1.54, 1.807) is 7.11 Å². The molecule has 134 valence electrons. The highest BCUT2D eigenvalue weighted by molar-refractivity contribution is 6.02. The molecular weight excluding hydrogens is 332 g/mol. The van der Waals surface area contributed by atoms with Gasteiger partial charge in [-0.3, -0.25) is 4.79 Å². The van der Waals surface area contributed by atoms with E-state index in [9.17, 15) is 4.79 Å². The van der Waals surface area contributed by atoms with Gasteiger partial charge in [0.1, 0.15) is 19.4 Å². The number of ether oxygens (including phenoxy) is 3. The summed E-state index contributed by atoms with van der Waals surface area (Å²) in [6, 6.07) is 11.8. The van der Waals surface area contributed by atoms with Crippen molar-refractivity contribution in [3.8, 4) is 17.2 Å². The molecule has 5 rings (SSSR count). The molecule has 1 amide bonds. The van der Waals surface area contributed by atoms with Crippen LogP contribution in [0.5, 0.6) is 17.2 Å². The van der Waals surface area contributed by atoms with Crippen molar-refractivity contribution in [2.45, 2.75) is 25.0 Å². The average molecular weight is 352 g/mol. The van der Waals surface area contributed by atoms with E-state index >= 15 is 0 Å². The highest BCUT2D eigenvalue weighted by atomic mass is 16.6. The first-order valence-electron chi connectivity index (χ1n) is 8.92. The molecule has 6 heteroatoms. The van der Waals surface area contributed by atoms with Gasteiger partial charge >= 0.3 is 0 Å². The highest BCUT2D eigenvalue weighted by Crippen LogP contribution is 2.46. The van der Waals surface area contributed by atoms with Crippen LogP contribution in [-0.2, 0) is 0 Å². The van der Waals surface area contributed by atoms with Crippen LogP contribution < -0.4 is 19.5 Å². The van der Waals surface area contributed by atoms with Crippen LogP contribution >= 0.6 is 0 Å². The Morgan fingerprint density at radius 1 is 1.15 bits per heavy atom. The number of para-hydroxylation sites is 1. The second-order valence-corrected chi connectivity index (χ2v) is 6.78. The molecule has 1 saturated carbocycles. The van der Waals surface area contributed by atoms with Gasteiger partial charge in [0.15, 0.2) is 11.5 Å². The van der Waals surface area contributed by atoms with Crippen LogP contribution in [-0.4, -0.2) is 37.2 Å². The van der Waals surface area contributed by atoms with E-state index in [1.807, 2.05) is 41.3 Å². The van der Waals surface area contributed by atoms with Crippen LogP contribution in [0.1, 0.15) is 34.9 Å². The van der Waals surface area contributed by atoms with E-state index in [-0.39, 0.29) is 18.1 Å². The summed E-state index contributed by atoms with van der Waals surface area (Å²) in [6.45, 7) is 1.01. The molecule has 1 N–H and O–H groups in total. The summed E-state index contributed by atoms with van der Waals surface area (Å²) in [6.07, 6.45) is 1.82. The molecule has 1 atom stereocenters. The summed E-state index contributed by atoms with van der Waals surface area (Å²) in [5.74, 6) is 1.99. The minimum absolute atomic E-state index is 0.0701. The number of fused-ring (bicyclic) bond motifs is 2. The SMILES string of the molecule is COc1cc([C@@H]2Nc3ccccc3C(=O)N2C2CC2)cc2c1OCCO2. The molecule has 0 spiro atoms. The lowest BCUT2D eigenvalue weighted by Gasteiger charge is -2.38. The van der Waals surface area contributed by atoms with Gasteiger partial charge in [-0.2, -0.15) is 0 Å². The maximum absolute atomic E-state index is 13.1. The van der Waals surface area contributed by atoms with Crippen molar-refractivity contribution < 1.29 is 19.0 Å². The van der Waals surface area contributed by atoms with Crippen LogP contribution in [0.2, 0.25) is 0 Å². The fourth-order valence-electron chi connectivity index (χ4n) is 3.69. The number of rotatable bonds is 3. The first-order chi connectivity index (χ1) is 12.8. The van der Waals surface area contributed by atoms with Gasteiger partial charge in [-0.1, -0.05) is 12.1 Å². The summed E-state index contributed by atoms with van der Waals surface area (Å²) in [5.41, 5.74) is 2.51. The predicted molar refractivity (Wildman–Crippen MR) is 96.0 cm³/mol. The van der Waals surface area contributed by atoms with E-state index in [0.717, 1.165) is 29.7 Å². The lowest BCUT2D eigenvalue weighted by molar-refractivity contribution is 0.0665. The Kier molecular flexibility index (Phi) is 3.45. The van der Waals surface area contributed by atoms with E-state index in [1.165, 1.54) is 0 Å². The molecule has 0 saturated heterocycles. The van der Waals surface area contributed by atoms with Crippen LogP contribution in [0.15, 0.2) is 36.4 Å². The van der Waals surface area contributed by atoms with Gasteiger partial charge in [0.05, 0.1) is 12.7 Å². The van der Waals surface area contributed by atoms with Crippen molar-refractivity contribution in [1.29, 1.82) is 0 Å². The Balaban J connectivity index is 1.61. The second-order valence-electron chi connectivity index (χ2n) is 6.78. The number of nitrogens with zero attached hydrogens (tertiary/aromatic N) is 1. The van der Waals surface area contributed by atoms with Gasteiger partial charge in [0.25, 0.3) is 5.91 Å². The molecule has 1 fully saturated rings. The minimum Gasteiger partial charge on any atom is -0.493 e. The molecule has 2 aromatic carbocycles. The maximum atomic E-state index is 13.1. The Hall–Kier alpha value is -2.89. The van der Waals surface area contributed by atoms with Crippen LogP contribution in [0, 0.1) is 0 Å². The van der Waals surface area contributed by atoms with Crippen molar-refractivity contribution in [3.63, 3.8) is 0 Å². The first-order valence-corrected chi connectivity index (χ1v) is 8.92. The maximum Gasteiger partial charge on any atom is 0.258 e. The normalized spacial score (nSPS) is 21.0. The molecular formula is C20H20N2O4. The summed E-state index contributed by atoms with van der Waals surface area (Å²) in [4.78, 5) is 15.1. The van der Waals surface area contributed by atoms with Gasteiger partial charge in [-0.25, -0.2) is 0 Å². The highest BCUT2D eigenvalue weighted by Gasteiger charge is 2.42. The Morgan fingerprint density at radius 2 is 1.96 bits per heavy atom. The molecule has 6 nitrogen and oxygen atoms in total. The lowest BCUT2D eigenvalue weighted by atomic mass is 10.0. The van der Waals surface area contributed by atoms with Crippen molar-refractivity contribution in [3.05, 3.63) is 47.5 Å². The number of carbonyl (C=O) groups excluding carboxylic acids is 1. The third-order valence-electron chi connectivity index (χ3n) is 5.07. The third kappa shape index (κ3) is 2.36. The van der Waals surface area contributed by atoms with Gasteiger partial charge in [-0.15, -0.1) is 0 Å². The van der Waals surface area contributed by atoms with Crippen molar-refractivity contribution >= 4 is 11.6 Å². The Morgan fingerprint density at radius 3 is 2.77 bits per heavy atom. The number of anilines is 1. The van der Waals surface area contributed by atoms with Crippen molar-refractivity contribution in [2.75, 3.05) is 25.6 Å². The third-order valence-corrected chi connectivity index (χ3v) is 5.07. The first kappa shape index (κ1) is 15.4. The monoisotopic (exact) mass is 352 g/mol. The molecule has 0 unspecified atom stereocenters. The Labute approximate surface area is 151 Å². The topological polar surface area (TPSA) is 60.0 Å². The van der Waals surface area contributed by atoms with Gasteiger partial charge in [-0.05, 0) is 37.1 Å². The van der Waals surface area contributed by atoms with Crippen molar-refractivity contribution in [2.24, 2.45) is 0 Å². The zero-order valence-corrected chi connectivity index (χ0v) is 14.5. The van der Waals surface area contributed by atoms with Gasteiger partial charge in [0, 0.05) is 17.3 Å². The molecule has 2 aromatic rings. The molecule has 0 aromatic heterocycles. The molecule has 3 aliphatic rings. The molecule has 0 radical (unpaired) electrons. The number of hydrogen-bond donors (Lipinski definition) is 1. The molecule has 26 heavy (non-hydrogen) atoms. The molecule has 1 aliphatic carbocycles. The number of methoxy groups -OCH3 is 1. The van der Waals surface area contributed by atoms with E-state index < -0.39 is 0 Å². The van der Waals surface area contributed by atoms with Crippen LogP contribution in [0.25, 0.3) is 0 Å². The molecule has 0 bridgehead atoms. The summed E-state index contributed by atoms with van der Waals surface area (Å²) in [5, 5.41) is 3.53. The van der Waals surface area contributed by atoms with E-state index in [2.05, 4.69) is 5.32 Å². The fourth-order valence-corrected chi connectivity index (χ4v) is 3.69. The standard InChI is InChI=1S/C20H20N2O4/c1-24-16-10-12(11-17-18(16)26-9-8-25-17)19-21-15-5-3-2-4-14(15)20(23)22(19)13-6-7-13/h2-5,10-11,13,19,21H,6-9H2,1H3/t19-/m1/s1. The molecule has 2 heterocycles. The number of benzene rings is 2. The van der Waals surface area contributed by atoms with Crippen LogP contribution in [0.3, 0.4) is 0 Å². The number of nitrogens with one attached hydrogen (secondary N) is 1. The smallest absolute Gasteiger partial charge is 0.258 e. The van der Waals surface area contributed by atoms with Crippen molar-refractivity contribution in [1.82, 2.24) is 4.90 Å². The predicted octanol–water partition coefficient (Wildman–Crippen LogP) is 3.20. The molecule has 2 aliphatic heterocycles. The summed E-state index contributed by atoms with van der Waals surface area (Å²) < 4.78 is 17.0. The van der Waals surface area contributed by atoms with Gasteiger partial charge < -0.3 is 24.4 Å². The average Bonchev–Trinajstić information content (AvgIpc) is 3.52. The fraction of sp³-hybridized carbons (Fsp3) is 0.350.